The predicted molar refractivity (Wildman–Crippen MR) is 118 cm³/mol. The molecule has 0 aliphatic heterocycles. The van der Waals surface area contributed by atoms with E-state index in [1.54, 1.807) is 50.2 Å². The molecule has 0 spiro atoms. The Morgan fingerprint density at radius 1 is 0.933 bits per heavy atom. The summed E-state index contributed by atoms with van der Waals surface area (Å²) in [7, 11) is 4.70. The summed E-state index contributed by atoms with van der Waals surface area (Å²) in [5, 5.41) is 8.55. The minimum absolute atomic E-state index is 0.457. The normalized spacial score (nSPS) is 10.8. The average molecular weight is 445 g/mol. The fourth-order valence-corrected chi connectivity index (χ4v) is 3.54. The third-order valence-corrected chi connectivity index (χ3v) is 5.37. The average Bonchev–Trinajstić information content (AvgIpc) is 3.18. The van der Waals surface area contributed by atoms with Crippen molar-refractivity contribution < 1.29 is 14.2 Å². The van der Waals surface area contributed by atoms with Gasteiger partial charge in [0.05, 0.1) is 37.6 Å². The lowest BCUT2D eigenvalue weighted by Gasteiger charge is -2.15. The minimum atomic E-state index is 0.457. The van der Waals surface area contributed by atoms with E-state index in [9.17, 15) is 0 Å². The lowest BCUT2D eigenvalue weighted by atomic mass is 10.1. The van der Waals surface area contributed by atoms with Crippen molar-refractivity contribution in [2.75, 3.05) is 26.6 Å². The number of benzene rings is 2. The second-order valence-electron chi connectivity index (χ2n) is 6.28. The van der Waals surface area contributed by atoms with Gasteiger partial charge in [-0.25, -0.2) is 9.50 Å². The van der Waals surface area contributed by atoms with Crippen LogP contribution in [0.1, 0.15) is 0 Å². The summed E-state index contributed by atoms with van der Waals surface area (Å²) < 4.78 is 17.9. The molecule has 154 valence electrons. The predicted octanol–water partition coefficient (Wildman–Crippen LogP) is 5.47. The third kappa shape index (κ3) is 3.58. The first-order valence-corrected chi connectivity index (χ1v) is 9.67. The molecule has 2 aromatic heterocycles. The number of ether oxygens (including phenoxy) is 3. The van der Waals surface area contributed by atoms with Crippen LogP contribution in [0.25, 0.3) is 16.8 Å². The summed E-state index contributed by atoms with van der Waals surface area (Å²) in [6, 6.07) is 10.9. The standard InChI is InChI=1S/C21H18Cl2N4O3/c1-28-16-9-12(10-17(29-2)20(16)30-3)25-18-7-8-27-21(26-18)14(11-24-27)13-5-4-6-15(22)19(13)23/h4-11H,1-3H3,(H,25,26). The van der Waals surface area contributed by atoms with Crippen LogP contribution in [0, 0.1) is 0 Å². The van der Waals surface area contributed by atoms with Crippen molar-refractivity contribution in [3.63, 3.8) is 0 Å². The topological polar surface area (TPSA) is 69.9 Å². The second kappa shape index (κ2) is 8.30. The molecule has 0 radical (unpaired) electrons. The lowest BCUT2D eigenvalue weighted by Crippen LogP contribution is -2.00. The Hall–Kier alpha value is -3.16. The number of methoxy groups -OCH3 is 3. The summed E-state index contributed by atoms with van der Waals surface area (Å²) in [6.45, 7) is 0. The highest BCUT2D eigenvalue weighted by molar-refractivity contribution is 6.43. The molecule has 30 heavy (non-hydrogen) atoms. The van der Waals surface area contributed by atoms with Crippen LogP contribution >= 0.6 is 23.2 Å². The van der Waals surface area contributed by atoms with Gasteiger partial charge in [-0.1, -0.05) is 35.3 Å². The van der Waals surface area contributed by atoms with Crippen molar-refractivity contribution in [3.05, 3.63) is 58.8 Å². The van der Waals surface area contributed by atoms with Crippen LogP contribution in [0.5, 0.6) is 17.2 Å². The minimum Gasteiger partial charge on any atom is -0.493 e. The van der Waals surface area contributed by atoms with Gasteiger partial charge in [0.1, 0.15) is 5.82 Å². The van der Waals surface area contributed by atoms with Gasteiger partial charge in [-0.3, -0.25) is 0 Å². The monoisotopic (exact) mass is 444 g/mol. The van der Waals surface area contributed by atoms with Crippen molar-refractivity contribution >= 4 is 40.4 Å². The Morgan fingerprint density at radius 2 is 1.67 bits per heavy atom. The van der Waals surface area contributed by atoms with Gasteiger partial charge in [0.15, 0.2) is 17.1 Å². The summed E-state index contributed by atoms with van der Waals surface area (Å²) in [6.07, 6.45) is 3.52. The molecule has 7 nitrogen and oxygen atoms in total. The smallest absolute Gasteiger partial charge is 0.203 e. The Balaban J connectivity index is 1.76. The molecule has 0 bridgehead atoms. The molecule has 9 heteroatoms. The molecule has 0 saturated carbocycles. The maximum Gasteiger partial charge on any atom is 0.203 e. The van der Waals surface area contributed by atoms with Gasteiger partial charge in [-0.2, -0.15) is 5.10 Å². The van der Waals surface area contributed by atoms with Crippen LogP contribution in [-0.4, -0.2) is 35.9 Å². The van der Waals surface area contributed by atoms with Gasteiger partial charge in [0.2, 0.25) is 5.75 Å². The molecule has 1 N–H and O–H groups in total. The molecular formula is C21H18Cl2N4O3. The fraction of sp³-hybridized carbons (Fsp3) is 0.143. The van der Waals surface area contributed by atoms with Crippen molar-refractivity contribution in [3.8, 4) is 28.4 Å². The van der Waals surface area contributed by atoms with Crippen molar-refractivity contribution in [2.24, 2.45) is 0 Å². The van der Waals surface area contributed by atoms with Crippen molar-refractivity contribution in [1.29, 1.82) is 0 Å². The van der Waals surface area contributed by atoms with Crippen molar-refractivity contribution in [2.45, 2.75) is 0 Å². The molecular weight excluding hydrogens is 427 g/mol. The van der Waals surface area contributed by atoms with E-state index in [0.717, 1.165) is 16.8 Å². The zero-order valence-electron chi connectivity index (χ0n) is 16.4. The number of hydrogen-bond donors (Lipinski definition) is 1. The highest BCUT2D eigenvalue weighted by Crippen LogP contribution is 2.41. The molecule has 0 fully saturated rings. The van der Waals surface area contributed by atoms with Crippen LogP contribution in [-0.2, 0) is 0 Å². The van der Waals surface area contributed by atoms with Gasteiger partial charge in [-0.05, 0) is 12.1 Å². The molecule has 2 heterocycles. The van der Waals surface area contributed by atoms with Crippen molar-refractivity contribution in [1.82, 2.24) is 14.6 Å². The van der Waals surface area contributed by atoms with E-state index in [2.05, 4.69) is 10.4 Å². The number of aromatic nitrogens is 3. The molecule has 0 atom stereocenters. The molecule has 0 aliphatic rings. The van der Waals surface area contributed by atoms with Gasteiger partial charge in [0, 0.05) is 35.1 Å². The SMILES string of the molecule is COc1cc(Nc2ccn3ncc(-c4cccc(Cl)c4Cl)c3n2)cc(OC)c1OC. The van der Waals surface area contributed by atoms with Crippen LogP contribution in [0.2, 0.25) is 10.0 Å². The van der Waals surface area contributed by atoms with E-state index in [0.29, 0.717) is 38.8 Å². The molecule has 2 aromatic carbocycles. The maximum atomic E-state index is 6.40. The molecule has 0 saturated heterocycles. The highest BCUT2D eigenvalue weighted by atomic mass is 35.5. The zero-order valence-corrected chi connectivity index (χ0v) is 18.0. The molecule has 0 aliphatic carbocycles. The van der Waals surface area contributed by atoms with E-state index in [1.165, 1.54) is 0 Å². The quantitative estimate of drug-likeness (QED) is 0.424. The lowest BCUT2D eigenvalue weighted by molar-refractivity contribution is 0.324. The molecule has 4 aromatic rings. The maximum absolute atomic E-state index is 6.40. The summed E-state index contributed by atoms with van der Waals surface area (Å²) in [5.41, 5.74) is 2.90. The zero-order chi connectivity index (χ0) is 21.3. The summed E-state index contributed by atoms with van der Waals surface area (Å²) in [5.74, 6) is 2.20. The number of nitrogens with one attached hydrogen (secondary N) is 1. The number of anilines is 2. The van der Waals surface area contributed by atoms with Gasteiger partial charge in [0.25, 0.3) is 0 Å². The number of halogens is 2. The first-order valence-electron chi connectivity index (χ1n) is 8.91. The van der Waals surface area contributed by atoms with E-state index in [1.807, 2.05) is 24.4 Å². The first-order chi connectivity index (χ1) is 14.5. The van der Waals surface area contributed by atoms with E-state index >= 15 is 0 Å². The number of nitrogens with zero attached hydrogens (tertiary/aromatic N) is 3. The Bertz CT molecular complexity index is 1200. The van der Waals surface area contributed by atoms with Crippen LogP contribution in [0.15, 0.2) is 48.8 Å². The van der Waals surface area contributed by atoms with Crippen LogP contribution in [0.3, 0.4) is 0 Å². The van der Waals surface area contributed by atoms with Gasteiger partial charge in [-0.15, -0.1) is 0 Å². The first kappa shape index (κ1) is 20.1. The van der Waals surface area contributed by atoms with E-state index in [4.69, 9.17) is 42.4 Å². The van der Waals surface area contributed by atoms with E-state index in [-0.39, 0.29) is 0 Å². The number of fused-ring (bicyclic) bond motifs is 1. The van der Waals surface area contributed by atoms with Gasteiger partial charge < -0.3 is 19.5 Å². The van der Waals surface area contributed by atoms with Crippen LogP contribution in [0.4, 0.5) is 11.5 Å². The highest BCUT2D eigenvalue weighted by Gasteiger charge is 2.16. The van der Waals surface area contributed by atoms with E-state index < -0.39 is 0 Å². The summed E-state index contributed by atoms with van der Waals surface area (Å²) in [4.78, 5) is 4.71. The molecule has 0 unspecified atom stereocenters. The molecule has 4 rings (SSSR count). The number of rotatable bonds is 6. The van der Waals surface area contributed by atoms with Gasteiger partial charge >= 0.3 is 0 Å². The summed E-state index contributed by atoms with van der Waals surface area (Å²) >= 11 is 12.6. The Kier molecular flexibility index (Phi) is 5.57. The Morgan fingerprint density at radius 3 is 2.33 bits per heavy atom. The number of hydrogen-bond acceptors (Lipinski definition) is 6. The molecule has 0 amide bonds. The fourth-order valence-electron chi connectivity index (χ4n) is 3.14. The Labute approximate surface area is 183 Å². The van der Waals surface area contributed by atoms with Crippen LogP contribution < -0.4 is 19.5 Å². The second-order valence-corrected chi connectivity index (χ2v) is 7.06. The third-order valence-electron chi connectivity index (χ3n) is 4.55. The largest absolute Gasteiger partial charge is 0.493 e.